The van der Waals surface area contributed by atoms with Crippen LogP contribution in [0.2, 0.25) is 0 Å². The van der Waals surface area contributed by atoms with Gasteiger partial charge in [0.15, 0.2) is 0 Å². The van der Waals surface area contributed by atoms with Gasteiger partial charge in [0.25, 0.3) is 0 Å². The standard InChI is InChI=1S/C18H21NO4/c1-13-4-3-5-17(12-13)23-16-8-6-15(7-9-16)22-11-10-14(2)19-18(20)21/h3-9,12,14,19H,10-11H2,1-2H3,(H,20,21). The van der Waals surface area contributed by atoms with Crippen molar-refractivity contribution in [2.75, 3.05) is 6.61 Å². The van der Waals surface area contributed by atoms with E-state index in [1.54, 1.807) is 6.92 Å². The highest BCUT2D eigenvalue weighted by atomic mass is 16.5. The van der Waals surface area contributed by atoms with Gasteiger partial charge < -0.3 is 19.9 Å². The number of carbonyl (C=O) groups is 1. The number of ether oxygens (including phenoxy) is 2. The van der Waals surface area contributed by atoms with Crippen LogP contribution in [0.25, 0.3) is 0 Å². The molecule has 0 aromatic heterocycles. The van der Waals surface area contributed by atoms with Crippen LogP contribution in [-0.4, -0.2) is 23.8 Å². The number of rotatable bonds is 7. The molecule has 0 fully saturated rings. The number of benzene rings is 2. The summed E-state index contributed by atoms with van der Waals surface area (Å²) in [5.41, 5.74) is 1.14. The van der Waals surface area contributed by atoms with Crippen LogP contribution in [0.1, 0.15) is 18.9 Å². The second kappa shape index (κ2) is 8.08. The molecule has 5 nitrogen and oxygen atoms in total. The van der Waals surface area contributed by atoms with Gasteiger partial charge in [-0.15, -0.1) is 0 Å². The zero-order valence-electron chi connectivity index (χ0n) is 13.3. The lowest BCUT2D eigenvalue weighted by molar-refractivity contribution is 0.188. The highest BCUT2D eigenvalue weighted by Crippen LogP contribution is 2.24. The van der Waals surface area contributed by atoms with Crippen LogP contribution in [-0.2, 0) is 0 Å². The molecule has 0 aliphatic rings. The zero-order chi connectivity index (χ0) is 16.7. The number of hydrogen-bond acceptors (Lipinski definition) is 3. The molecule has 1 unspecified atom stereocenters. The fourth-order valence-corrected chi connectivity index (χ4v) is 2.06. The molecule has 2 N–H and O–H groups in total. The molecule has 2 rings (SSSR count). The van der Waals surface area contributed by atoms with E-state index in [1.165, 1.54) is 0 Å². The van der Waals surface area contributed by atoms with Crippen molar-refractivity contribution in [3.63, 3.8) is 0 Å². The molecular weight excluding hydrogens is 294 g/mol. The Hall–Kier alpha value is -2.69. The maximum absolute atomic E-state index is 10.5. The first-order valence-electron chi connectivity index (χ1n) is 7.50. The summed E-state index contributed by atoms with van der Waals surface area (Å²) in [6, 6.07) is 15.1. The fraction of sp³-hybridized carbons (Fsp3) is 0.278. The van der Waals surface area contributed by atoms with Crippen molar-refractivity contribution in [3.05, 3.63) is 54.1 Å². The van der Waals surface area contributed by atoms with Gasteiger partial charge in [-0.1, -0.05) is 12.1 Å². The molecule has 2 aromatic rings. The van der Waals surface area contributed by atoms with Crippen LogP contribution < -0.4 is 14.8 Å². The topological polar surface area (TPSA) is 67.8 Å². The van der Waals surface area contributed by atoms with Gasteiger partial charge in [-0.05, 0) is 55.8 Å². The van der Waals surface area contributed by atoms with Gasteiger partial charge >= 0.3 is 6.09 Å². The van der Waals surface area contributed by atoms with E-state index in [1.807, 2.05) is 55.5 Å². The maximum Gasteiger partial charge on any atom is 0.404 e. The molecular formula is C18H21NO4. The summed E-state index contributed by atoms with van der Waals surface area (Å²) in [5.74, 6) is 2.26. The molecule has 1 atom stereocenters. The third-order valence-corrected chi connectivity index (χ3v) is 3.24. The lowest BCUT2D eigenvalue weighted by Crippen LogP contribution is -2.32. The van der Waals surface area contributed by atoms with Crippen LogP contribution >= 0.6 is 0 Å². The minimum Gasteiger partial charge on any atom is -0.494 e. The van der Waals surface area contributed by atoms with Crippen molar-refractivity contribution in [1.82, 2.24) is 5.32 Å². The van der Waals surface area contributed by atoms with Gasteiger partial charge in [0.2, 0.25) is 0 Å². The van der Waals surface area contributed by atoms with Gasteiger partial charge in [-0.2, -0.15) is 0 Å². The van der Waals surface area contributed by atoms with Gasteiger partial charge in [-0.3, -0.25) is 0 Å². The molecule has 23 heavy (non-hydrogen) atoms. The maximum atomic E-state index is 10.5. The minimum absolute atomic E-state index is 0.142. The molecule has 0 bridgehead atoms. The summed E-state index contributed by atoms with van der Waals surface area (Å²) in [5, 5.41) is 11.0. The summed E-state index contributed by atoms with van der Waals surface area (Å²) in [6.45, 7) is 4.26. The molecule has 0 saturated heterocycles. The van der Waals surface area contributed by atoms with Crippen molar-refractivity contribution in [1.29, 1.82) is 0 Å². The predicted molar refractivity (Wildman–Crippen MR) is 88.4 cm³/mol. The molecule has 2 aromatic carbocycles. The highest BCUT2D eigenvalue weighted by Gasteiger charge is 2.05. The molecule has 1 amide bonds. The van der Waals surface area contributed by atoms with E-state index >= 15 is 0 Å². The molecule has 0 radical (unpaired) electrons. The van der Waals surface area contributed by atoms with Crippen molar-refractivity contribution in [2.24, 2.45) is 0 Å². The predicted octanol–water partition coefficient (Wildman–Crippen LogP) is 4.21. The zero-order valence-corrected chi connectivity index (χ0v) is 13.3. The Morgan fingerprint density at radius 2 is 1.83 bits per heavy atom. The van der Waals surface area contributed by atoms with Crippen LogP contribution in [0.4, 0.5) is 4.79 Å². The van der Waals surface area contributed by atoms with Gasteiger partial charge in [-0.25, -0.2) is 4.79 Å². The Balaban J connectivity index is 1.81. The monoisotopic (exact) mass is 315 g/mol. The Bertz CT molecular complexity index is 640. The molecule has 0 spiro atoms. The molecule has 0 heterocycles. The fourth-order valence-electron chi connectivity index (χ4n) is 2.06. The van der Waals surface area contributed by atoms with E-state index in [0.29, 0.717) is 13.0 Å². The Morgan fingerprint density at radius 1 is 1.13 bits per heavy atom. The highest BCUT2D eigenvalue weighted by molar-refractivity contribution is 5.64. The number of carboxylic acid groups (broad SMARTS) is 1. The van der Waals surface area contributed by atoms with Gasteiger partial charge in [0.1, 0.15) is 17.2 Å². The normalized spacial score (nSPS) is 11.6. The first-order valence-corrected chi connectivity index (χ1v) is 7.50. The molecule has 0 aliphatic heterocycles. The summed E-state index contributed by atoms with van der Waals surface area (Å²) < 4.78 is 11.4. The van der Waals surface area contributed by atoms with Crippen molar-refractivity contribution < 1.29 is 19.4 Å². The lowest BCUT2D eigenvalue weighted by Gasteiger charge is -2.12. The number of amides is 1. The van der Waals surface area contributed by atoms with Crippen LogP contribution in [0.5, 0.6) is 17.2 Å². The van der Waals surface area contributed by atoms with Crippen molar-refractivity contribution in [3.8, 4) is 17.2 Å². The number of aryl methyl sites for hydroxylation is 1. The quantitative estimate of drug-likeness (QED) is 0.803. The van der Waals surface area contributed by atoms with Crippen LogP contribution in [0.15, 0.2) is 48.5 Å². The molecule has 122 valence electrons. The molecule has 5 heteroatoms. The lowest BCUT2D eigenvalue weighted by atomic mass is 10.2. The van der Waals surface area contributed by atoms with Crippen molar-refractivity contribution in [2.45, 2.75) is 26.3 Å². The molecule has 0 saturated carbocycles. The summed E-state index contributed by atoms with van der Waals surface area (Å²) in [6.07, 6.45) is -0.413. The van der Waals surface area contributed by atoms with Gasteiger partial charge in [0.05, 0.1) is 6.61 Å². The van der Waals surface area contributed by atoms with Crippen LogP contribution in [0.3, 0.4) is 0 Å². The number of hydrogen-bond donors (Lipinski definition) is 2. The van der Waals surface area contributed by atoms with Gasteiger partial charge in [0, 0.05) is 12.5 Å². The van der Waals surface area contributed by atoms with E-state index in [9.17, 15) is 4.79 Å². The Labute approximate surface area is 135 Å². The third-order valence-electron chi connectivity index (χ3n) is 3.24. The van der Waals surface area contributed by atoms with E-state index in [2.05, 4.69) is 5.32 Å². The summed E-state index contributed by atoms with van der Waals surface area (Å²) >= 11 is 0. The van der Waals surface area contributed by atoms with E-state index in [4.69, 9.17) is 14.6 Å². The van der Waals surface area contributed by atoms with Crippen LogP contribution in [0, 0.1) is 6.92 Å². The smallest absolute Gasteiger partial charge is 0.404 e. The first kappa shape index (κ1) is 16.7. The van der Waals surface area contributed by atoms with E-state index < -0.39 is 6.09 Å². The van der Waals surface area contributed by atoms with E-state index in [-0.39, 0.29) is 6.04 Å². The second-order valence-corrected chi connectivity index (χ2v) is 5.38. The molecule has 0 aliphatic carbocycles. The SMILES string of the molecule is Cc1cccc(Oc2ccc(OCCC(C)NC(=O)O)cc2)c1. The first-order chi connectivity index (χ1) is 11.0. The van der Waals surface area contributed by atoms with Crippen molar-refractivity contribution >= 4 is 6.09 Å². The Kier molecular flexibility index (Phi) is 5.86. The average molecular weight is 315 g/mol. The second-order valence-electron chi connectivity index (χ2n) is 5.38. The minimum atomic E-state index is -1.02. The van der Waals surface area contributed by atoms with E-state index in [0.717, 1.165) is 22.8 Å². The third kappa shape index (κ3) is 5.90. The Morgan fingerprint density at radius 3 is 2.48 bits per heavy atom. The average Bonchev–Trinajstić information content (AvgIpc) is 2.48. The summed E-state index contributed by atoms with van der Waals surface area (Å²) in [4.78, 5) is 10.5. The summed E-state index contributed by atoms with van der Waals surface area (Å²) in [7, 11) is 0. The largest absolute Gasteiger partial charge is 0.494 e. The number of nitrogens with one attached hydrogen (secondary N) is 1.